The number of hydrogen-bond donors (Lipinski definition) is 1. The fourth-order valence-electron chi connectivity index (χ4n) is 2.51. The van der Waals surface area contributed by atoms with Crippen molar-refractivity contribution in [3.63, 3.8) is 0 Å². The molecule has 0 spiro atoms. The molecule has 0 bridgehead atoms. The number of thiophene rings is 1. The van der Waals surface area contributed by atoms with Crippen LogP contribution in [0.2, 0.25) is 0 Å². The Bertz CT molecular complexity index is 374. The van der Waals surface area contributed by atoms with Crippen molar-refractivity contribution < 1.29 is 9.90 Å². The summed E-state index contributed by atoms with van der Waals surface area (Å²) in [6.45, 7) is 2.22. The molecule has 4 heteroatoms. The minimum absolute atomic E-state index is 0.261. The topological polar surface area (TPSA) is 40.5 Å². The van der Waals surface area contributed by atoms with E-state index in [1.807, 2.05) is 17.5 Å². The molecule has 19 heavy (non-hydrogen) atoms. The Kier molecular flexibility index (Phi) is 6.01. The number of nitrogens with zero attached hydrogens (tertiary/aromatic N) is 1. The van der Waals surface area contributed by atoms with Crippen molar-refractivity contribution in [3.05, 3.63) is 22.4 Å². The number of aliphatic hydroxyl groups is 1. The summed E-state index contributed by atoms with van der Waals surface area (Å²) in [4.78, 5) is 15.2. The molecule has 1 aromatic rings. The fraction of sp³-hybridized carbons (Fsp3) is 0.667. The van der Waals surface area contributed by atoms with Crippen LogP contribution in [-0.2, 0) is 0 Å². The van der Waals surface area contributed by atoms with Gasteiger partial charge in [0.2, 0.25) is 0 Å². The van der Waals surface area contributed by atoms with Gasteiger partial charge in [0.15, 0.2) is 5.78 Å². The predicted molar refractivity (Wildman–Crippen MR) is 78.8 cm³/mol. The largest absolute Gasteiger partial charge is 0.396 e. The predicted octanol–water partition coefficient (Wildman–Crippen LogP) is 2.95. The summed E-state index contributed by atoms with van der Waals surface area (Å²) in [6.07, 6.45) is 6.31. The van der Waals surface area contributed by atoms with Gasteiger partial charge in [-0.15, -0.1) is 11.3 Å². The highest BCUT2D eigenvalue weighted by atomic mass is 32.1. The fourth-order valence-corrected chi connectivity index (χ4v) is 3.20. The van der Waals surface area contributed by atoms with Crippen molar-refractivity contribution in [1.82, 2.24) is 4.90 Å². The van der Waals surface area contributed by atoms with E-state index >= 15 is 0 Å². The SMILES string of the molecule is O=C(CCCN(CCCO)C1CCC1)c1cccs1. The molecule has 1 aliphatic rings. The van der Waals surface area contributed by atoms with Crippen LogP contribution < -0.4 is 0 Å². The second kappa shape index (κ2) is 7.78. The third kappa shape index (κ3) is 4.41. The zero-order chi connectivity index (χ0) is 13.5. The number of Topliss-reactive ketones (excluding diaryl/α,β-unsaturated/α-hetero) is 1. The van der Waals surface area contributed by atoms with Gasteiger partial charge in [-0.2, -0.15) is 0 Å². The molecule has 1 N–H and O–H groups in total. The van der Waals surface area contributed by atoms with Crippen molar-refractivity contribution in [2.45, 2.75) is 44.6 Å². The number of ketones is 1. The first-order chi connectivity index (χ1) is 9.31. The Labute approximate surface area is 119 Å². The van der Waals surface area contributed by atoms with Crippen molar-refractivity contribution in [2.24, 2.45) is 0 Å². The second-order valence-electron chi connectivity index (χ2n) is 5.20. The lowest BCUT2D eigenvalue weighted by Gasteiger charge is -2.37. The van der Waals surface area contributed by atoms with Crippen LogP contribution in [0, 0.1) is 0 Å². The maximum absolute atomic E-state index is 11.9. The monoisotopic (exact) mass is 281 g/mol. The summed E-state index contributed by atoms with van der Waals surface area (Å²) in [5.74, 6) is 0.269. The molecule has 0 atom stereocenters. The minimum atomic E-state index is 0.261. The zero-order valence-electron chi connectivity index (χ0n) is 11.4. The lowest BCUT2D eigenvalue weighted by atomic mass is 9.91. The van der Waals surface area contributed by atoms with E-state index in [1.165, 1.54) is 30.6 Å². The minimum Gasteiger partial charge on any atom is -0.396 e. The van der Waals surface area contributed by atoms with E-state index in [1.54, 1.807) is 0 Å². The molecule has 1 aromatic heterocycles. The van der Waals surface area contributed by atoms with Gasteiger partial charge in [-0.3, -0.25) is 4.79 Å². The summed E-state index contributed by atoms with van der Waals surface area (Å²) < 4.78 is 0. The molecule has 106 valence electrons. The number of carbonyl (C=O) groups is 1. The molecule has 0 aromatic carbocycles. The van der Waals surface area contributed by atoms with Crippen molar-refractivity contribution in [3.8, 4) is 0 Å². The summed E-state index contributed by atoms with van der Waals surface area (Å²) in [5, 5.41) is 10.9. The van der Waals surface area contributed by atoms with E-state index in [4.69, 9.17) is 5.11 Å². The molecular weight excluding hydrogens is 258 g/mol. The number of carbonyl (C=O) groups excluding carboxylic acids is 1. The van der Waals surface area contributed by atoms with Gasteiger partial charge in [-0.05, 0) is 43.7 Å². The smallest absolute Gasteiger partial charge is 0.172 e. The van der Waals surface area contributed by atoms with E-state index in [0.29, 0.717) is 12.5 Å². The summed E-state index contributed by atoms with van der Waals surface area (Å²) in [6, 6.07) is 4.53. The maximum Gasteiger partial charge on any atom is 0.172 e. The van der Waals surface area contributed by atoms with Gasteiger partial charge in [0.05, 0.1) is 4.88 Å². The first kappa shape index (κ1) is 14.7. The van der Waals surface area contributed by atoms with E-state index < -0.39 is 0 Å². The Balaban J connectivity index is 1.70. The van der Waals surface area contributed by atoms with Crippen LogP contribution >= 0.6 is 11.3 Å². The number of hydrogen-bond acceptors (Lipinski definition) is 4. The summed E-state index contributed by atoms with van der Waals surface area (Å²) >= 11 is 1.53. The lowest BCUT2D eigenvalue weighted by Crippen LogP contribution is -2.41. The normalized spacial score (nSPS) is 15.7. The highest BCUT2D eigenvalue weighted by molar-refractivity contribution is 7.12. The highest BCUT2D eigenvalue weighted by Crippen LogP contribution is 2.25. The standard InChI is InChI=1S/C15H23NO2S/c17-11-4-10-16(13-5-1-6-13)9-2-7-14(18)15-8-3-12-19-15/h3,8,12-13,17H,1-2,4-7,9-11H2. The molecule has 1 heterocycles. The summed E-state index contributed by atoms with van der Waals surface area (Å²) in [5.41, 5.74) is 0. The Hall–Kier alpha value is -0.710. The van der Waals surface area contributed by atoms with Gasteiger partial charge < -0.3 is 10.0 Å². The van der Waals surface area contributed by atoms with Crippen LogP contribution in [0.1, 0.15) is 48.2 Å². The average molecular weight is 281 g/mol. The third-order valence-electron chi connectivity index (χ3n) is 3.84. The van der Waals surface area contributed by atoms with Crippen molar-refractivity contribution in [1.29, 1.82) is 0 Å². The molecule has 1 saturated carbocycles. The Morgan fingerprint density at radius 3 is 2.74 bits per heavy atom. The maximum atomic E-state index is 11.9. The number of aliphatic hydroxyl groups excluding tert-OH is 1. The molecule has 1 fully saturated rings. The van der Waals surface area contributed by atoms with E-state index in [-0.39, 0.29) is 12.4 Å². The molecule has 0 aliphatic heterocycles. The lowest BCUT2D eigenvalue weighted by molar-refractivity contribution is 0.0942. The van der Waals surface area contributed by atoms with E-state index in [2.05, 4.69) is 4.90 Å². The van der Waals surface area contributed by atoms with Crippen LogP contribution in [0.4, 0.5) is 0 Å². The molecule has 0 unspecified atom stereocenters. The molecule has 1 aliphatic carbocycles. The van der Waals surface area contributed by atoms with Gasteiger partial charge >= 0.3 is 0 Å². The van der Waals surface area contributed by atoms with Gasteiger partial charge in [0.25, 0.3) is 0 Å². The van der Waals surface area contributed by atoms with Gasteiger partial charge in [-0.1, -0.05) is 12.5 Å². The van der Waals surface area contributed by atoms with E-state index in [9.17, 15) is 4.79 Å². The molecule has 3 nitrogen and oxygen atoms in total. The van der Waals surface area contributed by atoms with Crippen LogP contribution in [0.5, 0.6) is 0 Å². The van der Waals surface area contributed by atoms with Gasteiger partial charge in [0, 0.05) is 25.6 Å². The number of rotatable bonds is 9. The molecule has 0 amide bonds. The Morgan fingerprint density at radius 1 is 1.37 bits per heavy atom. The average Bonchev–Trinajstić information content (AvgIpc) is 2.87. The second-order valence-corrected chi connectivity index (χ2v) is 6.15. The van der Waals surface area contributed by atoms with Gasteiger partial charge in [-0.25, -0.2) is 0 Å². The van der Waals surface area contributed by atoms with Crippen LogP contribution in [0.3, 0.4) is 0 Å². The molecule has 0 radical (unpaired) electrons. The highest BCUT2D eigenvalue weighted by Gasteiger charge is 2.24. The van der Waals surface area contributed by atoms with Crippen molar-refractivity contribution in [2.75, 3.05) is 19.7 Å². The quantitative estimate of drug-likeness (QED) is 0.708. The zero-order valence-corrected chi connectivity index (χ0v) is 12.2. The van der Waals surface area contributed by atoms with Gasteiger partial charge in [0.1, 0.15) is 0 Å². The third-order valence-corrected chi connectivity index (χ3v) is 4.75. The molecular formula is C15H23NO2S. The van der Waals surface area contributed by atoms with Crippen LogP contribution in [0.15, 0.2) is 17.5 Å². The van der Waals surface area contributed by atoms with Crippen LogP contribution in [0.25, 0.3) is 0 Å². The first-order valence-electron chi connectivity index (χ1n) is 7.23. The van der Waals surface area contributed by atoms with Crippen LogP contribution in [-0.4, -0.2) is 41.5 Å². The summed E-state index contributed by atoms with van der Waals surface area (Å²) in [7, 11) is 0. The van der Waals surface area contributed by atoms with Crippen molar-refractivity contribution >= 4 is 17.1 Å². The van der Waals surface area contributed by atoms with E-state index in [0.717, 1.165) is 30.8 Å². The first-order valence-corrected chi connectivity index (χ1v) is 8.11. The molecule has 2 rings (SSSR count). The Morgan fingerprint density at radius 2 is 2.16 bits per heavy atom. The molecule has 0 saturated heterocycles.